The average molecular weight is 325 g/mol. The summed E-state index contributed by atoms with van der Waals surface area (Å²) in [7, 11) is -0.207. The molecule has 0 unspecified atom stereocenters. The number of pyridine rings is 1. The monoisotopic (exact) mass is 325 g/mol. The lowest BCUT2D eigenvalue weighted by Gasteiger charge is -2.12. The standard InChI is InChI=1S/C15H19NO5S/c1-19-12-6-7-13(20-2)15-14(12)11(8-9-16-15)5-4-10-21-22(3,17)18/h6-9H,4-5,10H2,1-3H3. The Morgan fingerprint density at radius 2 is 1.77 bits per heavy atom. The van der Waals surface area contributed by atoms with Gasteiger partial charge in [0.25, 0.3) is 10.1 Å². The van der Waals surface area contributed by atoms with E-state index in [9.17, 15) is 8.42 Å². The van der Waals surface area contributed by atoms with Gasteiger partial charge in [-0.25, -0.2) is 0 Å². The molecule has 0 aliphatic rings. The first-order chi connectivity index (χ1) is 10.5. The van der Waals surface area contributed by atoms with Crippen molar-refractivity contribution >= 4 is 21.0 Å². The van der Waals surface area contributed by atoms with Crippen LogP contribution in [0.25, 0.3) is 10.9 Å². The van der Waals surface area contributed by atoms with E-state index >= 15 is 0 Å². The first-order valence-corrected chi connectivity index (χ1v) is 8.61. The summed E-state index contributed by atoms with van der Waals surface area (Å²) in [5.41, 5.74) is 1.74. The fourth-order valence-electron chi connectivity index (χ4n) is 2.29. The largest absolute Gasteiger partial charge is 0.496 e. The predicted molar refractivity (Wildman–Crippen MR) is 84.0 cm³/mol. The van der Waals surface area contributed by atoms with E-state index in [4.69, 9.17) is 13.7 Å². The zero-order chi connectivity index (χ0) is 16.2. The summed E-state index contributed by atoms with van der Waals surface area (Å²) < 4.78 is 37.4. The summed E-state index contributed by atoms with van der Waals surface area (Å²) in [4.78, 5) is 4.36. The van der Waals surface area contributed by atoms with Gasteiger partial charge < -0.3 is 9.47 Å². The molecular formula is C15H19NO5S. The maximum absolute atomic E-state index is 11.0. The fraction of sp³-hybridized carbons (Fsp3) is 0.400. The van der Waals surface area contributed by atoms with Gasteiger partial charge in [0, 0.05) is 11.6 Å². The van der Waals surface area contributed by atoms with Crippen LogP contribution in [0.3, 0.4) is 0 Å². The Kier molecular flexibility index (Phi) is 5.20. The van der Waals surface area contributed by atoms with Crippen LogP contribution in [0.2, 0.25) is 0 Å². The summed E-state index contributed by atoms with van der Waals surface area (Å²) in [5, 5.41) is 0.878. The van der Waals surface area contributed by atoms with Gasteiger partial charge in [-0.3, -0.25) is 9.17 Å². The molecule has 0 fully saturated rings. The van der Waals surface area contributed by atoms with Gasteiger partial charge in [-0.2, -0.15) is 8.42 Å². The molecule has 0 aliphatic carbocycles. The first kappa shape index (κ1) is 16.5. The van der Waals surface area contributed by atoms with E-state index in [1.54, 1.807) is 20.4 Å². The van der Waals surface area contributed by atoms with Crippen molar-refractivity contribution in [3.8, 4) is 11.5 Å². The Bertz CT molecular complexity index is 758. The topological polar surface area (TPSA) is 74.7 Å². The van der Waals surface area contributed by atoms with E-state index < -0.39 is 10.1 Å². The number of aryl methyl sites for hydroxylation is 1. The molecule has 2 aromatic rings. The fourth-order valence-corrected chi connectivity index (χ4v) is 2.71. The molecule has 2 rings (SSSR count). The van der Waals surface area contributed by atoms with Gasteiger partial charge in [-0.05, 0) is 36.6 Å². The molecule has 0 N–H and O–H groups in total. The second-order valence-corrected chi connectivity index (χ2v) is 6.44. The molecule has 0 aliphatic heterocycles. The second-order valence-electron chi connectivity index (χ2n) is 4.79. The maximum atomic E-state index is 11.0. The van der Waals surface area contributed by atoms with Crippen molar-refractivity contribution < 1.29 is 22.1 Å². The van der Waals surface area contributed by atoms with Crippen LogP contribution in [-0.2, 0) is 20.7 Å². The Morgan fingerprint density at radius 1 is 1.09 bits per heavy atom. The molecule has 7 heteroatoms. The quantitative estimate of drug-likeness (QED) is 0.574. The molecular weight excluding hydrogens is 306 g/mol. The molecule has 0 amide bonds. The van der Waals surface area contributed by atoms with Crippen LogP contribution in [0.4, 0.5) is 0 Å². The minimum absolute atomic E-state index is 0.148. The highest BCUT2D eigenvalue weighted by atomic mass is 32.2. The molecule has 1 aromatic carbocycles. The zero-order valence-electron chi connectivity index (χ0n) is 12.8. The third-order valence-corrected chi connectivity index (χ3v) is 3.83. The van der Waals surface area contributed by atoms with Crippen molar-refractivity contribution in [2.45, 2.75) is 12.8 Å². The third kappa shape index (κ3) is 3.86. The summed E-state index contributed by atoms with van der Waals surface area (Å²) in [6.45, 7) is 0.148. The zero-order valence-corrected chi connectivity index (χ0v) is 13.6. The van der Waals surface area contributed by atoms with Crippen LogP contribution in [0, 0.1) is 0 Å². The molecule has 0 spiro atoms. The van der Waals surface area contributed by atoms with Crippen molar-refractivity contribution in [1.29, 1.82) is 0 Å². The highest BCUT2D eigenvalue weighted by Crippen LogP contribution is 2.34. The van der Waals surface area contributed by atoms with Gasteiger partial charge in [0.2, 0.25) is 0 Å². The lowest BCUT2D eigenvalue weighted by molar-refractivity contribution is 0.316. The van der Waals surface area contributed by atoms with Gasteiger partial charge in [-0.15, -0.1) is 0 Å². The summed E-state index contributed by atoms with van der Waals surface area (Å²) >= 11 is 0. The minimum Gasteiger partial charge on any atom is -0.496 e. The van der Waals surface area contributed by atoms with Crippen molar-refractivity contribution in [3.63, 3.8) is 0 Å². The molecule has 0 bridgehead atoms. The van der Waals surface area contributed by atoms with Crippen molar-refractivity contribution in [1.82, 2.24) is 4.98 Å². The van der Waals surface area contributed by atoms with Gasteiger partial charge in [0.15, 0.2) is 0 Å². The summed E-state index contributed by atoms with van der Waals surface area (Å²) in [5.74, 6) is 1.38. The van der Waals surface area contributed by atoms with Crippen LogP contribution in [0.15, 0.2) is 24.4 Å². The smallest absolute Gasteiger partial charge is 0.264 e. The molecule has 1 heterocycles. The molecule has 120 valence electrons. The highest BCUT2D eigenvalue weighted by Gasteiger charge is 2.12. The number of hydrogen-bond acceptors (Lipinski definition) is 6. The van der Waals surface area contributed by atoms with Crippen LogP contribution >= 0.6 is 0 Å². The number of methoxy groups -OCH3 is 2. The number of benzene rings is 1. The Morgan fingerprint density at radius 3 is 2.41 bits per heavy atom. The SMILES string of the molecule is COc1ccc(OC)c2c(CCCOS(C)(=O)=O)ccnc12. The number of nitrogens with zero attached hydrogens (tertiary/aromatic N) is 1. The van der Waals surface area contributed by atoms with E-state index in [1.807, 2.05) is 18.2 Å². The Hall–Kier alpha value is -1.86. The Labute approximate surface area is 130 Å². The van der Waals surface area contributed by atoms with Gasteiger partial charge in [0.05, 0.1) is 27.1 Å². The Balaban J connectivity index is 2.29. The van der Waals surface area contributed by atoms with Gasteiger partial charge in [-0.1, -0.05) is 0 Å². The van der Waals surface area contributed by atoms with Crippen LogP contribution < -0.4 is 9.47 Å². The molecule has 1 aromatic heterocycles. The lowest BCUT2D eigenvalue weighted by Crippen LogP contribution is -2.05. The number of hydrogen-bond donors (Lipinski definition) is 0. The molecule has 0 atom stereocenters. The van der Waals surface area contributed by atoms with Gasteiger partial charge in [0.1, 0.15) is 17.0 Å². The first-order valence-electron chi connectivity index (χ1n) is 6.79. The molecule has 22 heavy (non-hydrogen) atoms. The maximum Gasteiger partial charge on any atom is 0.264 e. The number of ether oxygens (including phenoxy) is 2. The molecule has 6 nitrogen and oxygen atoms in total. The van der Waals surface area contributed by atoms with Crippen molar-refractivity contribution in [2.75, 3.05) is 27.1 Å². The minimum atomic E-state index is -3.40. The lowest BCUT2D eigenvalue weighted by atomic mass is 10.0. The number of fused-ring (bicyclic) bond motifs is 1. The molecule has 0 saturated carbocycles. The van der Waals surface area contributed by atoms with Crippen LogP contribution in [0.5, 0.6) is 11.5 Å². The number of rotatable bonds is 7. The van der Waals surface area contributed by atoms with E-state index in [-0.39, 0.29) is 6.61 Å². The molecule has 0 radical (unpaired) electrons. The summed E-state index contributed by atoms with van der Waals surface area (Å²) in [6, 6.07) is 5.54. The highest BCUT2D eigenvalue weighted by molar-refractivity contribution is 7.85. The average Bonchev–Trinajstić information content (AvgIpc) is 2.49. The summed E-state index contributed by atoms with van der Waals surface area (Å²) in [6.07, 6.45) is 3.98. The second kappa shape index (κ2) is 6.93. The van der Waals surface area contributed by atoms with Gasteiger partial charge >= 0.3 is 0 Å². The van der Waals surface area contributed by atoms with Crippen molar-refractivity contribution in [3.05, 3.63) is 30.0 Å². The van der Waals surface area contributed by atoms with E-state index in [1.165, 1.54) is 0 Å². The normalized spacial score (nSPS) is 11.6. The molecule has 0 saturated heterocycles. The predicted octanol–water partition coefficient (Wildman–Crippen LogP) is 2.16. The third-order valence-electron chi connectivity index (χ3n) is 3.23. The van der Waals surface area contributed by atoms with E-state index in [0.717, 1.165) is 22.7 Å². The van der Waals surface area contributed by atoms with Crippen LogP contribution in [0.1, 0.15) is 12.0 Å². The number of aromatic nitrogens is 1. The van der Waals surface area contributed by atoms with E-state index in [2.05, 4.69) is 4.98 Å². The van der Waals surface area contributed by atoms with E-state index in [0.29, 0.717) is 24.3 Å². The van der Waals surface area contributed by atoms with Crippen LogP contribution in [-0.4, -0.2) is 40.5 Å². The van der Waals surface area contributed by atoms with Crippen molar-refractivity contribution in [2.24, 2.45) is 0 Å².